The van der Waals surface area contributed by atoms with Crippen LogP contribution in [0.3, 0.4) is 0 Å². The van der Waals surface area contributed by atoms with Crippen LogP contribution in [0.5, 0.6) is 5.75 Å². The standard InChI is InChI=1S/C29H30N6O2S2/c1-20-18-32-29(33-22-7-3-8-23(16-22)37-13-5-10-35-11-14-36-15-12-35)34-26(20)27-25(21-6-4-9-31-19-21)24(17-30)28(38-2)39-27/h3-4,6-9,16,18-19H,5,10-15H2,1-2H3,(H,32,33,34). The van der Waals surface area contributed by atoms with E-state index in [1.807, 2.05) is 55.8 Å². The predicted molar refractivity (Wildman–Crippen MR) is 157 cm³/mol. The van der Waals surface area contributed by atoms with Crippen molar-refractivity contribution in [3.05, 3.63) is 66.1 Å². The minimum absolute atomic E-state index is 0.481. The molecule has 0 bridgehead atoms. The zero-order valence-corrected chi connectivity index (χ0v) is 23.6. The highest BCUT2D eigenvalue weighted by molar-refractivity contribution is 8.00. The second kappa shape index (κ2) is 13.0. The van der Waals surface area contributed by atoms with E-state index in [2.05, 4.69) is 26.3 Å². The number of hydrogen-bond acceptors (Lipinski definition) is 10. The van der Waals surface area contributed by atoms with E-state index < -0.39 is 0 Å². The number of thioether (sulfide) groups is 1. The molecule has 200 valence electrons. The quantitative estimate of drug-likeness (QED) is 0.185. The molecule has 0 radical (unpaired) electrons. The zero-order chi connectivity index (χ0) is 27.0. The number of benzene rings is 1. The average Bonchev–Trinajstić information content (AvgIpc) is 3.36. The fourth-order valence-corrected chi connectivity index (χ4v) is 6.43. The number of rotatable bonds is 10. The summed E-state index contributed by atoms with van der Waals surface area (Å²) in [6, 6.07) is 14.1. The smallest absolute Gasteiger partial charge is 0.227 e. The predicted octanol–water partition coefficient (Wildman–Crippen LogP) is 6.01. The number of aryl methyl sites for hydroxylation is 1. The first-order valence-corrected chi connectivity index (χ1v) is 14.9. The average molecular weight is 559 g/mol. The Morgan fingerprint density at radius 1 is 1.21 bits per heavy atom. The number of nitriles is 1. The number of aromatic nitrogens is 3. The van der Waals surface area contributed by atoms with Gasteiger partial charge in [0.1, 0.15) is 11.8 Å². The molecule has 39 heavy (non-hydrogen) atoms. The summed E-state index contributed by atoms with van der Waals surface area (Å²) in [7, 11) is 0. The second-order valence-corrected chi connectivity index (χ2v) is 11.2. The number of ether oxygens (including phenoxy) is 2. The SMILES string of the molecule is CSc1sc(-c2nc(Nc3cccc(OCCCN4CCOCC4)c3)ncc2C)c(-c2cccnc2)c1C#N. The van der Waals surface area contributed by atoms with E-state index in [4.69, 9.17) is 14.5 Å². The van der Waals surface area contributed by atoms with Gasteiger partial charge in [-0.15, -0.1) is 23.1 Å². The monoisotopic (exact) mass is 558 g/mol. The summed E-state index contributed by atoms with van der Waals surface area (Å²) in [6.07, 6.45) is 8.29. The Balaban J connectivity index is 1.34. The Morgan fingerprint density at radius 2 is 2.08 bits per heavy atom. The van der Waals surface area contributed by atoms with Crippen LogP contribution in [0.15, 0.2) is 59.2 Å². The Labute approximate surface area is 237 Å². The molecule has 1 saturated heterocycles. The van der Waals surface area contributed by atoms with Gasteiger partial charge in [0, 0.05) is 61.1 Å². The zero-order valence-electron chi connectivity index (χ0n) is 22.0. The summed E-state index contributed by atoms with van der Waals surface area (Å²) in [6.45, 7) is 7.26. The molecule has 0 saturated carbocycles. The maximum atomic E-state index is 10.00. The molecular weight excluding hydrogens is 528 g/mol. The fourth-order valence-electron chi connectivity index (χ4n) is 4.44. The lowest BCUT2D eigenvalue weighted by Gasteiger charge is -2.26. The summed E-state index contributed by atoms with van der Waals surface area (Å²) in [5.74, 6) is 1.28. The summed E-state index contributed by atoms with van der Waals surface area (Å²) in [4.78, 5) is 17.1. The Hall–Kier alpha value is -3.49. The number of morpholine rings is 1. The highest BCUT2D eigenvalue weighted by atomic mass is 32.2. The molecule has 3 aromatic heterocycles. The maximum absolute atomic E-state index is 10.00. The molecule has 1 aliphatic rings. The summed E-state index contributed by atoms with van der Waals surface area (Å²) >= 11 is 3.14. The summed E-state index contributed by atoms with van der Waals surface area (Å²) < 4.78 is 12.4. The van der Waals surface area contributed by atoms with Gasteiger partial charge in [-0.2, -0.15) is 5.26 Å². The van der Waals surface area contributed by atoms with Crippen LogP contribution in [-0.4, -0.2) is 65.6 Å². The molecule has 0 spiro atoms. The third kappa shape index (κ3) is 6.57. The molecule has 1 aromatic carbocycles. The first kappa shape index (κ1) is 27.1. The van der Waals surface area contributed by atoms with Crippen molar-refractivity contribution in [1.82, 2.24) is 19.9 Å². The number of nitrogens with one attached hydrogen (secondary N) is 1. The summed E-state index contributed by atoms with van der Waals surface area (Å²) in [5.41, 5.74) is 4.98. The first-order valence-electron chi connectivity index (χ1n) is 12.8. The fraction of sp³-hybridized carbons (Fsp3) is 0.310. The number of anilines is 2. The van der Waals surface area contributed by atoms with Crippen LogP contribution in [0.25, 0.3) is 21.7 Å². The van der Waals surface area contributed by atoms with Gasteiger partial charge in [0.25, 0.3) is 0 Å². The molecule has 4 heterocycles. The highest BCUT2D eigenvalue weighted by Crippen LogP contribution is 2.46. The molecule has 1 fully saturated rings. The molecule has 4 aromatic rings. The van der Waals surface area contributed by atoms with Crippen molar-refractivity contribution in [2.75, 3.05) is 51.0 Å². The molecule has 0 aliphatic carbocycles. The maximum Gasteiger partial charge on any atom is 0.227 e. The number of hydrogen-bond donors (Lipinski definition) is 1. The van der Waals surface area contributed by atoms with E-state index in [-0.39, 0.29) is 0 Å². The van der Waals surface area contributed by atoms with Crippen LogP contribution < -0.4 is 10.1 Å². The van der Waals surface area contributed by atoms with E-state index >= 15 is 0 Å². The van der Waals surface area contributed by atoms with E-state index in [1.54, 1.807) is 35.5 Å². The van der Waals surface area contributed by atoms with Crippen LogP contribution in [0.1, 0.15) is 17.5 Å². The van der Waals surface area contributed by atoms with Gasteiger partial charge in [0.15, 0.2) is 0 Å². The van der Waals surface area contributed by atoms with Crippen LogP contribution in [0.2, 0.25) is 0 Å². The molecule has 1 N–H and O–H groups in total. The lowest BCUT2D eigenvalue weighted by Crippen LogP contribution is -2.37. The van der Waals surface area contributed by atoms with Gasteiger partial charge in [0.2, 0.25) is 5.95 Å². The summed E-state index contributed by atoms with van der Waals surface area (Å²) in [5, 5.41) is 13.3. The molecular formula is C29H30N6O2S2. The Bertz CT molecular complexity index is 1450. The van der Waals surface area contributed by atoms with Gasteiger partial charge < -0.3 is 14.8 Å². The van der Waals surface area contributed by atoms with Gasteiger partial charge in [-0.1, -0.05) is 12.1 Å². The van der Waals surface area contributed by atoms with Crippen molar-refractivity contribution in [2.45, 2.75) is 17.6 Å². The normalized spacial score (nSPS) is 13.7. The minimum Gasteiger partial charge on any atom is -0.493 e. The molecule has 8 nitrogen and oxygen atoms in total. The van der Waals surface area contributed by atoms with Crippen molar-refractivity contribution < 1.29 is 9.47 Å². The molecule has 0 amide bonds. The van der Waals surface area contributed by atoms with Crippen LogP contribution in [0, 0.1) is 18.3 Å². The largest absolute Gasteiger partial charge is 0.493 e. The van der Waals surface area contributed by atoms with E-state index in [0.29, 0.717) is 18.1 Å². The number of nitrogens with zero attached hydrogens (tertiary/aromatic N) is 5. The van der Waals surface area contributed by atoms with Crippen molar-refractivity contribution >= 4 is 34.7 Å². The van der Waals surface area contributed by atoms with Crippen LogP contribution in [-0.2, 0) is 4.74 Å². The van der Waals surface area contributed by atoms with Crippen molar-refractivity contribution in [3.8, 4) is 33.5 Å². The Kier molecular flexibility index (Phi) is 9.06. The van der Waals surface area contributed by atoms with E-state index in [0.717, 1.165) is 82.2 Å². The molecule has 0 atom stereocenters. The van der Waals surface area contributed by atoms with Gasteiger partial charge in [-0.05, 0) is 43.4 Å². The minimum atomic E-state index is 0.481. The van der Waals surface area contributed by atoms with Gasteiger partial charge in [0.05, 0.1) is 40.2 Å². The molecule has 0 unspecified atom stereocenters. The van der Waals surface area contributed by atoms with Gasteiger partial charge in [-0.3, -0.25) is 9.88 Å². The van der Waals surface area contributed by atoms with Crippen molar-refractivity contribution in [1.29, 1.82) is 5.26 Å². The van der Waals surface area contributed by atoms with Crippen molar-refractivity contribution in [3.63, 3.8) is 0 Å². The third-order valence-electron chi connectivity index (χ3n) is 6.39. The molecule has 1 aliphatic heterocycles. The van der Waals surface area contributed by atoms with Gasteiger partial charge >= 0.3 is 0 Å². The van der Waals surface area contributed by atoms with Crippen molar-refractivity contribution in [2.24, 2.45) is 0 Å². The third-order valence-corrected chi connectivity index (χ3v) is 8.71. The number of thiophene rings is 1. The molecule has 10 heteroatoms. The van der Waals surface area contributed by atoms with Crippen LogP contribution in [0.4, 0.5) is 11.6 Å². The topological polar surface area (TPSA) is 96.2 Å². The highest BCUT2D eigenvalue weighted by Gasteiger charge is 2.23. The Morgan fingerprint density at radius 3 is 2.85 bits per heavy atom. The lowest BCUT2D eigenvalue weighted by atomic mass is 10.0. The van der Waals surface area contributed by atoms with E-state index in [9.17, 15) is 5.26 Å². The molecule has 5 rings (SSSR count). The number of pyridine rings is 1. The van der Waals surface area contributed by atoms with Gasteiger partial charge in [-0.25, -0.2) is 9.97 Å². The van der Waals surface area contributed by atoms with E-state index in [1.165, 1.54) is 0 Å². The van der Waals surface area contributed by atoms with Crippen LogP contribution >= 0.6 is 23.1 Å². The second-order valence-electron chi connectivity index (χ2n) is 9.06. The lowest BCUT2D eigenvalue weighted by molar-refractivity contribution is 0.0358. The first-order chi connectivity index (χ1) is 19.2.